The van der Waals surface area contributed by atoms with Gasteiger partial charge in [-0.25, -0.2) is 4.39 Å². The van der Waals surface area contributed by atoms with Gasteiger partial charge in [0.15, 0.2) is 5.78 Å². The summed E-state index contributed by atoms with van der Waals surface area (Å²) in [5.74, 6) is 0.753. The molecule has 1 heterocycles. The summed E-state index contributed by atoms with van der Waals surface area (Å²) in [6, 6.07) is 10.7. The summed E-state index contributed by atoms with van der Waals surface area (Å²) in [5.41, 5.74) is 1.02. The van der Waals surface area contributed by atoms with Crippen LogP contribution in [0.1, 0.15) is 10.4 Å². The Hall–Kier alpha value is -2.94. The molecule has 0 atom stereocenters. The van der Waals surface area contributed by atoms with Gasteiger partial charge < -0.3 is 9.47 Å². The lowest BCUT2D eigenvalue weighted by molar-refractivity contribution is 0.102. The normalized spacial score (nSPS) is 10.6. The minimum Gasteiger partial charge on any atom is -0.497 e. The average Bonchev–Trinajstić information content (AvgIpc) is 3.14. The zero-order chi connectivity index (χ0) is 18.5. The molecule has 0 aliphatic carbocycles. The van der Waals surface area contributed by atoms with Crippen molar-refractivity contribution >= 4 is 17.5 Å². The summed E-state index contributed by atoms with van der Waals surface area (Å²) < 4.78 is 25.0. The molecule has 0 N–H and O–H groups in total. The molecular formula is C17H15FN4O3S. The first-order valence-corrected chi connectivity index (χ1v) is 8.53. The predicted molar refractivity (Wildman–Crippen MR) is 93.7 cm³/mol. The molecule has 7 nitrogen and oxygen atoms in total. The van der Waals surface area contributed by atoms with Crippen molar-refractivity contribution in [3.05, 3.63) is 53.8 Å². The van der Waals surface area contributed by atoms with E-state index in [0.717, 1.165) is 0 Å². The molecule has 0 fully saturated rings. The van der Waals surface area contributed by atoms with Crippen LogP contribution in [0.2, 0.25) is 0 Å². The van der Waals surface area contributed by atoms with E-state index in [0.29, 0.717) is 27.9 Å². The topological polar surface area (TPSA) is 79.1 Å². The summed E-state index contributed by atoms with van der Waals surface area (Å²) in [7, 11) is 3.10. The molecule has 0 saturated carbocycles. The lowest BCUT2D eigenvalue weighted by Gasteiger charge is -2.11. The Balaban J connectivity index is 1.81. The molecule has 26 heavy (non-hydrogen) atoms. The van der Waals surface area contributed by atoms with Crippen molar-refractivity contribution in [3.63, 3.8) is 0 Å². The van der Waals surface area contributed by atoms with Crippen molar-refractivity contribution in [2.75, 3.05) is 20.0 Å². The lowest BCUT2D eigenvalue weighted by Crippen LogP contribution is -2.06. The molecule has 3 rings (SSSR count). The van der Waals surface area contributed by atoms with Crippen LogP contribution in [-0.2, 0) is 0 Å². The van der Waals surface area contributed by atoms with E-state index in [9.17, 15) is 9.18 Å². The van der Waals surface area contributed by atoms with E-state index in [1.165, 1.54) is 40.7 Å². The SMILES string of the molecule is COc1ccc(OC)c(-n2nnnc2SCC(=O)c2ccc(F)cc2)c1. The fourth-order valence-corrected chi connectivity index (χ4v) is 3.01. The fraction of sp³-hybridized carbons (Fsp3) is 0.176. The number of carbonyl (C=O) groups is 1. The second-order valence-corrected chi connectivity index (χ2v) is 6.07. The van der Waals surface area contributed by atoms with Gasteiger partial charge in [0.25, 0.3) is 0 Å². The van der Waals surface area contributed by atoms with Crippen LogP contribution in [0.15, 0.2) is 47.6 Å². The van der Waals surface area contributed by atoms with Gasteiger partial charge in [0.05, 0.1) is 20.0 Å². The molecule has 0 bridgehead atoms. The first kappa shape index (κ1) is 17.9. The molecule has 0 amide bonds. The van der Waals surface area contributed by atoms with E-state index in [2.05, 4.69) is 15.5 Å². The molecule has 0 spiro atoms. The highest BCUT2D eigenvalue weighted by atomic mass is 32.2. The van der Waals surface area contributed by atoms with Gasteiger partial charge in [0.2, 0.25) is 5.16 Å². The monoisotopic (exact) mass is 374 g/mol. The molecule has 1 aromatic heterocycles. The maximum atomic E-state index is 13.0. The number of halogens is 1. The zero-order valence-electron chi connectivity index (χ0n) is 14.0. The number of hydrogen-bond donors (Lipinski definition) is 0. The minimum atomic E-state index is -0.386. The number of methoxy groups -OCH3 is 2. The minimum absolute atomic E-state index is 0.109. The highest BCUT2D eigenvalue weighted by Crippen LogP contribution is 2.29. The maximum absolute atomic E-state index is 13.0. The van der Waals surface area contributed by atoms with E-state index in [4.69, 9.17) is 9.47 Å². The Labute approximate surface area is 153 Å². The smallest absolute Gasteiger partial charge is 0.214 e. The largest absolute Gasteiger partial charge is 0.497 e. The number of ether oxygens (including phenoxy) is 2. The van der Waals surface area contributed by atoms with Crippen molar-refractivity contribution in [2.45, 2.75) is 5.16 Å². The van der Waals surface area contributed by atoms with Crippen molar-refractivity contribution in [1.29, 1.82) is 0 Å². The Morgan fingerprint density at radius 2 is 1.92 bits per heavy atom. The third-order valence-electron chi connectivity index (χ3n) is 3.55. The molecule has 0 saturated heterocycles. The van der Waals surface area contributed by atoms with E-state index in [-0.39, 0.29) is 17.4 Å². The molecule has 0 aliphatic heterocycles. The quantitative estimate of drug-likeness (QED) is 0.465. The number of benzene rings is 2. The van der Waals surface area contributed by atoms with Gasteiger partial charge in [-0.05, 0) is 46.8 Å². The van der Waals surface area contributed by atoms with Gasteiger partial charge in [-0.1, -0.05) is 11.8 Å². The van der Waals surface area contributed by atoms with E-state index in [1.807, 2.05) is 0 Å². The van der Waals surface area contributed by atoms with Crippen LogP contribution < -0.4 is 9.47 Å². The van der Waals surface area contributed by atoms with Gasteiger partial charge in [-0.3, -0.25) is 4.79 Å². The summed E-state index contributed by atoms with van der Waals surface area (Å²) in [4.78, 5) is 12.3. The van der Waals surface area contributed by atoms with Crippen LogP contribution in [0.5, 0.6) is 11.5 Å². The third-order valence-corrected chi connectivity index (χ3v) is 4.47. The Morgan fingerprint density at radius 1 is 1.15 bits per heavy atom. The summed E-state index contributed by atoms with van der Waals surface area (Å²) in [5, 5.41) is 12.0. The van der Waals surface area contributed by atoms with Crippen molar-refractivity contribution in [3.8, 4) is 17.2 Å². The number of aromatic nitrogens is 4. The van der Waals surface area contributed by atoms with Gasteiger partial charge in [-0.2, -0.15) is 4.68 Å². The summed E-state index contributed by atoms with van der Waals surface area (Å²) in [6.45, 7) is 0. The van der Waals surface area contributed by atoms with Crippen LogP contribution in [0.3, 0.4) is 0 Å². The molecule has 3 aromatic rings. The van der Waals surface area contributed by atoms with E-state index >= 15 is 0 Å². The standard InChI is InChI=1S/C17H15FN4O3S/c1-24-13-7-8-16(25-2)14(9-13)22-17(19-20-21-22)26-10-15(23)11-3-5-12(18)6-4-11/h3-9H,10H2,1-2H3. The second-order valence-electron chi connectivity index (χ2n) is 5.13. The highest BCUT2D eigenvalue weighted by molar-refractivity contribution is 7.99. The second kappa shape index (κ2) is 7.96. The maximum Gasteiger partial charge on any atom is 0.214 e. The molecule has 0 aliphatic rings. The number of ketones is 1. The molecular weight excluding hydrogens is 359 g/mol. The van der Waals surface area contributed by atoms with Gasteiger partial charge in [0.1, 0.15) is 23.0 Å². The van der Waals surface area contributed by atoms with Crippen LogP contribution >= 0.6 is 11.8 Å². The Kier molecular flexibility index (Phi) is 5.47. The van der Waals surface area contributed by atoms with Crippen LogP contribution in [0.25, 0.3) is 5.69 Å². The fourth-order valence-electron chi connectivity index (χ4n) is 2.23. The van der Waals surface area contributed by atoms with E-state index in [1.54, 1.807) is 32.4 Å². The molecule has 134 valence electrons. The number of rotatable bonds is 7. The van der Waals surface area contributed by atoms with Crippen LogP contribution in [0, 0.1) is 5.82 Å². The average molecular weight is 374 g/mol. The van der Waals surface area contributed by atoms with Gasteiger partial charge in [0, 0.05) is 11.6 Å². The first-order valence-electron chi connectivity index (χ1n) is 7.54. The predicted octanol–water partition coefficient (Wildman–Crippen LogP) is 2.79. The molecule has 0 unspecified atom stereocenters. The highest BCUT2D eigenvalue weighted by Gasteiger charge is 2.16. The van der Waals surface area contributed by atoms with Gasteiger partial charge >= 0.3 is 0 Å². The molecule has 9 heteroatoms. The molecule has 0 radical (unpaired) electrons. The number of tetrazole rings is 1. The third kappa shape index (κ3) is 3.83. The van der Waals surface area contributed by atoms with Gasteiger partial charge in [-0.15, -0.1) is 5.10 Å². The number of carbonyl (C=O) groups excluding carboxylic acids is 1. The number of thioether (sulfide) groups is 1. The Morgan fingerprint density at radius 3 is 2.62 bits per heavy atom. The molecule has 2 aromatic carbocycles. The first-order chi connectivity index (χ1) is 12.6. The van der Waals surface area contributed by atoms with Crippen molar-refractivity contribution in [1.82, 2.24) is 20.2 Å². The Bertz CT molecular complexity index is 915. The van der Waals surface area contributed by atoms with Crippen LogP contribution in [0.4, 0.5) is 4.39 Å². The van der Waals surface area contributed by atoms with E-state index < -0.39 is 0 Å². The van der Waals surface area contributed by atoms with Crippen LogP contribution in [-0.4, -0.2) is 46.0 Å². The number of hydrogen-bond acceptors (Lipinski definition) is 7. The summed E-state index contributed by atoms with van der Waals surface area (Å²) >= 11 is 1.18. The lowest BCUT2D eigenvalue weighted by atomic mass is 10.1. The van der Waals surface area contributed by atoms with Crippen molar-refractivity contribution in [2.24, 2.45) is 0 Å². The summed E-state index contributed by atoms with van der Waals surface area (Å²) in [6.07, 6.45) is 0. The van der Waals surface area contributed by atoms with Crippen molar-refractivity contribution < 1.29 is 18.7 Å². The number of Topliss-reactive ketones (excluding diaryl/α,β-unsaturated/α-hetero) is 1. The zero-order valence-corrected chi connectivity index (χ0v) is 14.9. The number of nitrogens with zero attached hydrogens (tertiary/aromatic N) is 4.